The molecule has 5 aromatic rings. The van der Waals surface area contributed by atoms with E-state index in [-0.39, 0.29) is 10.4 Å². The lowest BCUT2D eigenvalue weighted by Gasteiger charge is -2.13. The van der Waals surface area contributed by atoms with Gasteiger partial charge in [0.2, 0.25) is 0 Å². The third kappa shape index (κ3) is 3.85. The van der Waals surface area contributed by atoms with Crippen LogP contribution in [0.1, 0.15) is 37.3 Å². The van der Waals surface area contributed by atoms with E-state index >= 15 is 0 Å². The molecule has 0 saturated heterocycles. The van der Waals surface area contributed by atoms with Crippen LogP contribution >= 0.6 is 0 Å². The summed E-state index contributed by atoms with van der Waals surface area (Å²) in [5, 5.41) is 9.71. The summed E-state index contributed by atoms with van der Waals surface area (Å²) in [6, 6.07) is 9.10. The Balaban J connectivity index is 1.54. The number of aromatic nitrogens is 6. The normalized spacial score (nSPS) is 16.2. The van der Waals surface area contributed by atoms with E-state index in [1.807, 2.05) is 25.4 Å². The van der Waals surface area contributed by atoms with Crippen molar-refractivity contribution in [2.75, 3.05) is 0 Å². The maximum absolute atomic E-state index is 14.1. The fraction of sp³-hybridized carbons (Fsp3) is 0.308. The van der Waals surface area contributed by atoms with Gasteiger partial charge in [0.25, 0.3) is 15.7 Å². The molecule has 4 aromatic heterocycles. The minimum absolute atomic E-state index is 0.0512. The van der Waals surface area contributed by atoms with Crippen molar-refractivity contribution in [3.63, 3.8) is 0 Å². The molecule has 1 aromatic carbocycles. The van der Waals surface area contributed by atoms with Crippen molar-refractivity contribution in [3.8, 4) is 16.8 Å². The Kier molecular flexibility index (Phi) is 4.74. The van der Waals surface area contributed by atoms with Gasteiger partial charge in [-0.1, -0.05) is 6.07 Å². The van der Waals surface area contributed by atoms with E-state index in [2.05, 4.69) is 15.2 Å². The Morgan fingerprint density at radius 3 is 2.54 bits per heavy atom. The maximum Gasteiger partial charge on any atom is 0.298 e. The Labute approximate surface area is 211 Å². The van der Waals surface area contributed by atoms with Gasteiger partial charge in [-0.2, -0.15) is 23.3 Å². The second-order valence-corrected chi connectivity index (χ2v) is 11.5. The van der Waals surface area contributed by atoms with Crippen LogP contribution in [0.15, 0.2) is 58.6 Å². The number of hydrogen-bond acceptors (Lipinski definition) is 6. The molecule has 0 unspecified atom stereocenters. The monoisotopic (exact) mass is 516 g/mol. The van der Waals surface area contributed by atoms with E-state index in [9.17, 15) is 17.8 Å². The summed E-state index contributed by atoms with van der Waals surface area (Å²) in [6.45, 7) is 0.541. The lowest BCUT2D eigenvalue weighted by molar-refractivity contribution is 0.483. The van der Waals surface area contributed by atoms with E-state index in [0.29, 0.717) is 40.7 Å². The average molecular weight is 517 g/mol. The van der Waals surface area contributed by atoms with Crippen LogP contribution in [0.5, 0.6) is 0 Å². The standard InChI is InChI=1S/C26H24N6O4S/c1-30-13-18-10-19(7-9-21(18)28-30)32-26(33)23(17-6-8-20(27-11-17)16-4-5-16)25-24(29-32)22(37(34,35)36)14-31(25)12-15-2-3-15/h6-11,13-16H,2-5,12H2,1H3,(H,34,35,36). The first kappa shape index (κ1) is 22.4. The fourth-order valence-corrected chi connectivity index (χ4v) is 5.66. The molecule has 0 spiro atoms. The maximum atomic E-state index is 14.1. The van der Waals surface area contributed by atoms with Crippen LogP contribution in [-0.2, 0) is 23.7 Å². The van der Waals surface area contributed by atoms with Crippen molar-refractivity contribution in [1.29, 1.82) is 0 Å². The summed E-state index contributed by atoms with van der Waals surface area (Å²) in [5.41, 5.74) is 3.15. The van der Waals surface area contributed by atoms with Crippen LogP contribution < -0.4 is 5.56 Å². The SMILES string of the molecule is Cn1cc2cc(-n3nc4c(S(=O)(=O)O)cn(CC5CC5)c4c(-c4ccc(C5CC5)nc4)c3=O)ccc2n1. The van der Waals surface area contributed by atoms with Gasteiger partial charge in [0.1, 0.15) is 10.4 Å². The smallest absolute Gasteiger partial charge is 0.298 e. The Morgan fingerprint density at radius 2 is 1.86 bits per heavy atom. The summed E-state index contributed by atoms with van der Waals surface area (Å²) >= 11 is 0. The van der Waals surface area contributed by atoms with E-state index in [1.165, 1.54) is 10.9 Å². The zero-order chi connectivity index (χ0) is 25.5. The molecule has 11 heteroatoms. The van der Waals surface area contributed by atoms with Crippen molar-refractivity contribution in [2.45, 2.75) is 43.0 Å². The summed E-state index contributed by atoms with van der Waals surface area (Å²) < 4.78 is 39.6. The van der Waals surface area contributed by atoms with Gasteiger partial charge in [-0.25, -0.2) is 0 Å². The topological polar surface area (TPSA) is 125 Å². The van der Waals surface area contributed by atoms with Crippen molar-refractivity contribution in [2.24, 2.45) is 13.0 Å². The van der Waals surface area contributed by atoms with Gasteiger partial charge >= 0.3 is 0 Å². The van der Waals surface area contributed by atoms with Crippen molar-refractivity contribution >= 4 is 32.1 Å². The zero-order valence-electron chi connectivity index (χ0n) is 20.1. The minimum atomic E-state index is -4.60. The molecule has 0 atom stereocenters. The number of aryl methyl sites for hydroxylation is 1. The molecule has 0 bridgehead atoms. The van der Waals surface area contributed by atoms with Gasteiger partial charge < -0.3 is 4.57 Å². The van der Waals surface area contributed by atoms with E-state index in [4.69, 9.17) is 0 Å². The number of pyridine rings is 1. The molecule has 7 rings (SSSR count). The van der Waals surface area contributed by atoms with E-state index in [1.54, 1.807) is 33.6 Å². The lowest BCUT2D eigenvalue weighted by atomic mass is 10.1. The zero-order valence-corrected chi connectivity index (χ0v) is 20.9. The average Bonchev–Trinajstić information content (AvgIpc) is 3.78. The Bertz CT molecular complexity index is 1880. The molecule has 4 heterocycles. The third-order valence-electron chi connectivity index (χ3n) is 7.21. The Hall–Kier alpha value is -3.83. The van der Waals surface area contributed by atoms with Gasteiger partial charge in [-0.3, -0.25) is 19.0 Å². The summed E-state index contributed by atoms with van der Waals surface area (Å²) in [4.78, 5) is 18.4. The second-order valence-electron chi connectivity index (χ2n) is 10.1. The van der Waals surface area contributed by atoms with Gasteiger partial charge in [0.05, 0.1) is 22.3 Å². The molecule has 0 aliphatic heterocycles. The fourth-order valence-electron chi connectivity index (χ4n) is 5.02. The Morgan fingerprint density at radius 1 is 1.05 bits per heavy atom. The van der Waals surface area contributed by atoms with Crippen molar-refractivity contribution in [3.05, 3.63) is 65.0 Å². The highest BCUT2D eigenvalue weighted by Crippen LogP contribution is 2.40. The minimum Gasteiger partial charge on any atom is -0.344 e. The lowest BCUT2D eigenvalue weighted by Crippen LogP contribution is -2.24. The number of rotatable bonds is 6. The van der Waals surface area contributed by atoms with Crippen LogP contribution in [0, 0.1) is 5.92 Å². The largest absolute Gasteiger partial charge is 0.344 e. The molecule has 2 aliphatic carbocycles. The third-order valence-corrected chi connectivity index (χ3v) is 8.06. The first-order valence-electron chi connectivity index (χ1n) is 12.3. The molecule has 37 heavy (non-hydrogen) atoms. The number of hydrogen-bond donors (Lipinski definition) is 1. The summed E-state index contributed by atoms with van der Waals surface area (Å²) in [7, 11) is -2.79. The van der Waals surface area contributed by atoms with Gasteiger partial charge in [0, 0.05) is 54.7 Å². The second kappa shape index (κ2) is 7.83. The summed E-state index contributed by atoms with van der Waals surface area (Å²) in [5.74, 6) is 0.850. The molecule has 1 N–H and O–H groups in total. The summed E-state index contributed by atoms with van der Waals surface area (Å²) in [6.07, 6.45) is 9.19. The molecule has 0 amide bonds. The molecule has 2 aliphatic rings. The molecular weight excluding hydrogens is 492 g/mol. The highest BCUT2D eigenvalue weighted by Gasteiger charge is 2.30. The van der Waals surface area contributed by atoms with Crippen LogP contribution in [0.4, 0.5) is 0 Å². The van der Waals surface area contributed by atoms with Crippen LogP contribution in [0.3, 0.4) is 0 Å². The predicted molar refractivity (Wildman–Crippen MR) is 137 cm³/mol. The van der Waals surface area contributed by atoms with Gasteiger partial charge in [0.15, 0.2) is 0 Å². The molecule has 2 saturated carbocycles. The van der Waals surface area contributed by atoms with Crippen molar-refractivity contribution in [1.82, 2.24) is 29.1 Å². The predicted octanol–water partition coefficient (Wildman–Crippen LogP) is 3.67. The van der Waals surface area contributed by atoms with E-state index < -0.39 is 15.7 Å². The first-order valence-corrected chi connectivity index (χ1v) is 13.7. The quantitative estimate of drug-likeness (QED) is 0.341. The highest BCUT2D eigenvalue weighted by atomic mass is 32.2. The highest BCUT2D eigenvalue weighted by molar-refractivity contribution is 7.86. The molecule has 10 nitrogen and oxygen atoms in total. The van der Waals surface area contributed by atoms with Crippen LogP contribution in [-0.4, -0.2) is 42.1 Å². The van der Waals surface area contributed by atoms with Gasteiger partial charge in [-0.15, -0.1) is 0 Å². The van der Waals surface area contributed by atoms with Crippen LogP contribution in [0.2, 0.25) is 0 Å². The first-order chi connectivity index (χ1) is 17.8. The number of nitrogens with zero attached hydrogens (tertiary/aromatic N) is 6. The van der Waals surface area contributed by atoms with Crippen molar-refractivity contribution < 1.29 is 13.0 Å². The molecule has 0 radical (unpaired) electrons. The molecular formula is C26H24N6O4S. The molecule has 2 fully saturated rings. The van der Waals surface area contributed by atoms with Crippen LogP contribution in [0.25, 0.3) is 38.8 Å². The molecule has 188 valence electrons. The number of fused-ring (bicyclic) bond motifs is 2. The number of benzene rings is 1. The van der Waals surface area contributed by atoms with E-state index in [0.717, 1.165) is 42.3 Å². The van der Waals surface area contributed by atoms with Gasteiger partial charge in [-0.05, 0) is 55.9 Å².